The Morgan fingerprint density at radius 3 is 2.31 bits per heavy atom. The Labute approximate surface area is 224 Å². The van der Waals surface area contributed by atoms with Gasteiger partial charge in [0.1, 0.15) is 6.04 Å². The van der Waals surface area contributed by atoms with E-state index >= 15 is 0 Å². The van der Waals surface area contributed by atoms with Crippen LogP contribution in [0.1, 0.15) is 36.1 Å². The van der Waals surface area contributed by atoms with E-state index in [0.29, 0.717) is 36.2 Å². The standard InChI is InChI=1S/C30H35ClN2O2S/c1-22(2)18-32-30(35)28(17-24-10-5-4-6-11-24)33(19-25-12-7-9-23(3)15-25)29(34)21-36-20-26-13-8-14-27(31)16-26/h4-16,22,28H,17-21H2,1-3H3,(H,32,35)/t28-/m0/s1. The molecule has 0 aliphatic rings. The summed E-state index contributed by atoms with van der Waals surface area (Å²) >= 11 is 7.65. The van der Waals surface area contributed by atoms with Crippen LogP contribution in [0.3, 0.4) is 0 Å². The van der Waals surface area contributed by atoms with Crippen molar-refractivity contribution in [3.8, 4) is 0 Å². The van der Waals surface area contributed by atoms with Crippen molar-refractivity contribution in [1.82, 2.24) is 10.2 Å². The summed E-state index contributed by atoms with van der Waals surface area (Å²) in [5, 5.41) is 3.75. The quantitative estimate of drug-likeness (QED) is 0.304. The van der Waals surface area contributed by atoms with Crippen LogP contribution in [0, 0.1) is 12.8 Å². The predicted molar refractivity (Wildman–Crippen MR) is 151 cm³/mol. The fourth-order valence-corrected chi connectivity index (χ4v) is 5.02. The van der Waals surface area contributed by atoms with Crippen LogP contribution in [0.4, 0.5) is 0 Å². The van der Waals surface area contributed by atoms with Gasteiger partial charge >= 0.3 is 0 Å². The Bertz CT molecular complexity index is 1140. The zero-order chi connectivity index (χ0) is 25.9. The van der Waals surface area contributed by atoms with Gasteiger partial charge in [0.15, 0.2) is 0 Å². The van der Waals surface area contributed by atoms with Gasteiger partial charge in [0.05, 0.1) is 5.75 Å². The van der Waals surface area contributed by atoms with Crippen LogP contribution in [0.2, 0.25) is 5.02 Å². The van der Waals surface area contributed by atoms with E-state index in [-0.39, 0.29) is 17.6 Å². The zero-order valence-electron chi connectivity index (χ0n) is 21.2. The molecule has 36 heavy (non-hydrogen) atoms. The molecule has 3 aromatic carbocycles. The molecule has 1 N–H and O–H groups in total. The van der Waals surface area contributed by atoms with Crippen molar-refractivity contribution in [2.45, 2.75) is 45.5 Å². The lowest BCUT2D eigenvalue weighted by atomic mass is 10.0. The van der Waals surface area contributed by atoms with Gasteiger partial charge in [0, 0.05) is 30.3 Å². The van der Waals surface area contributed by atoms with E-state index < -0.39 is 6.04 Å². The van der Waals surface area contributed by atoms with E-state index in [1.165, 1.54) is 11.8 Å². The predicted octanol–water partition coefficient (Wildman–Crippen LogP) is 6.29. The van der Waals surface area contributed by atoms with E-state index in [1.807, 2.05) is 79.7 Å². The van der Waals surface area contributed by atoms with Gasteiger partial charge in [-0.25, -0.2) is 0 Å². The molecular formula is C30H35ClN2O2S. The molecule has 0 fully saturated rings. The molecule has 0 aliphatic heterocycles. The van der Waals surface area contributed by atoms with E-state index in [2.05, 4.69) is 25.2 Å². The van der Waals surface area contributed by atoms with Gasteiger partial charge in [-0.15, -0.1) is 11.8 Å². The third kappa shape index (κ3) is 9.03. The van der Waals surface area contributed by atoms with E-state index in [9.17, 15) is 9.59 Å². The number of carbonyl (C=O) groups excluding carboxylic acids is 2. The highest BCUT2D eigenvalue weighted by molar-refractivity contribution is 7.99. The van der Waals surface area contributed by atoms with Crippen molar-refractivity contribution in [2.75, 3.05) is 12.3 Å². The van der Waals surface area contributed by atoms with Crippen LogP contribution in [0.25, 0.3) is 0 Å². The van der Waals surface area contributed by atoms with Gasteiger partial charge in [-0.1, -0.05) is 97.7 Å². The van der Waals surface area contributed by atoms with Crippen molar-refractivity contribution >= 4 is 35.2 Å². The maximum absolute atomic E-state index is 13.7. The Morgan fingerprint density at radius 1 is 0.917 bits per heavy atom. The molecular weight excluding hydrogens is 488 g/mol. The first-order chi connectivity index (χ1) is 17.3. The highest BCUT2D eigenvalue weighted by Crippen LogP contribution is 2.20. The Kier molecular flexibility index (Phi) is 10.9. The first kappa shape index (κ1) is 27.8. The van der Waals surface area contributed by atoms with Crippen LogP contribution < -0.4 is 5.32 Å². The Hall–Kier alpha value is -2.76. The van der Waals surface area contributed by atoms with Crippen molar-refractivity contribution in [3.05, 3.63) is 106 Å². The summed E-state index contributed by atoms with van der Waals surface area (Å²) in [5.41, 5.74) is 4.23. The molecule has 6 heteroatoms. The molecule has 190 valence electrons. The number of thioether (sulfide) groups is 1. The molecule has 0 bridgehead atoms. The van der Waals surface area contributed by atoms with Crippen molar-refractivity contribution in [1.29, 1.82) is 0 Å². The van der Waals surface area contributed by atoms with Gasteiger partial charge in [-0.3, -0.25) is 9.59 Å². The molecule has 0 aliphatic carbocycles. The van der Waals surface area contributed by atoms with Gasteiger partial charge in [0.25, 0.3) is 0 Å². The first-order valence-electron chi connectivity index (χ1n) is 12.3. The minimum Gasteiger partial charge on any atom is -0.354 e. The number of carbonyl (C=O) groups is 2. The molecule has 4 nitrogen and oxygen atoms in total. The summed E-state index contributed by atoms with van der Waals surface area (Å²) in [5.74, 6) is 1.10. The number of hydrogen-bond acceptors (Lipinski definition) is 3. The second-order valence-electron chi connectivity index (χ2n) is 9.48. The second kappa shape index (κ2) is 14.1. The molecule has 2 amide bonds. The summed E-state index contributed by atoms with van der Waals surface area (Å²) in [6.45, 7) is 7.11. The summed E-state index contributed by atoms with van der Waals surface area (Å²) in [6, 6.07) is 25.1. The largest absolute Gasteiger partial charge is 0.354 e. The molecule has 0 spiro atoms. The number of nitrogens with zero attached hydrogens (tertiary/aromatic N) is 1. The van der Waals surface area contributed by atoms with E-state index in [4.69, 9.17) is 11.6 Å². The number of aryl methyl sites for hydroxylation is 1. The molecule has 0 radical (unpaired) electrons. The minimum absolute atomic E-state index is 0.0517. The molecule has 0 unspecified atom stereocenters. The fourth-order valence-electron chi connectivity index (χ4n) is 3.95. The van der Waals surface area contributed by atoms with Gasteiger partial charge in [-0.2, -0.15) is 0 Å². The van der Waals surface area contributed by atoms with Gasteiger partial charge in [0.2, 0.25) is 11.8 Å². The zero-order valence-corrected chi connectivity index (χ0v) is 22.8. The second-order valence-corrected chi connectivity index (χ2v) is 10.9. The lowest BCUT2D eigenvalue weighted by Crippen LogP contribution is -2.51. The van der Waals surface area contributed by atoms with E-state index in [1.54, 1.807) is 4.90 Å². The van der Waals surface area contributed by atoms with E-state index in [0.717, 1.165) is 22.3 Å². The van der Waals surface area contributed by atoms with Crippen molar-refractivity contribution < 1.29 is 9.59 Å². The SMILES string of the molecule is Cc1cccc(CN(C(=O)CSCc2cccc(Cl)c2)[C@@H](Cc2ccccc2)C(=O)NCC(C)C)c1. The monoisotopic (exact) mass is 522 g/mol. The number of hydrogen-bond donors (Lipinski definition) is 1. The third-order valence-corrected chi connectivity index (χ3v) is 7.00. The molecule has 0 aromatic heterocycles. The molecule has 3 rings (SSSR count). The molecule has 0 saturated heterocycles. The molecule has 0 saturated carbocycles. The lowest BCUT2D eigenvalue weighted by Gasteiger charge is -2.32. The summed E-state index contributed by atoms with van der Waals surface area (Å²) in [7, 11) is 0. The number of benzene rings is 3. The minimum atomic E-state index is -0.606. The van der Waals surface area contributed by atoms with Crippen LogP contribution in [0.15, 0.2) is 78.9 Å². The van der Waals surface area contributed by atoms with Crippen molar-refractivity contribution in [3.63, 3.8) is 0 Å². The number of nitrogens with one attached hydrogen (secondary N) is 1. The van der Waals surface area contributed by atoms with Crippen LogP contribution >= 0.6 is 23.4 Å². The fraction of sp³-hybridized carbons (Fsp3) is 0.333. The third-order valence-electron chi connectivity index (χ3n) is 5.77. The smallest absolute Gasteiger partial charge is 0.243 e. The van der Waals surface area contributed by atoms with Crippen LogP contribution in [0.5, 0.6) is 0 Å². The van der Waals surface area contributed by atoms with Gasteiger partial charge < -0.3 is 10.2 Å². The summed E-state index contributed by atoms with van der Waals surface area (Å²) < 4.78 is 0. The first-order valence-corrected chi connectivity index (χ1v) is 13.8. The van der Waals surface area contributed by atoms with Crippen LogP contribution in [-0.4, -0.2) is 35.1 Å². The molecule has 0 heterocycles. The summed E-state index contributed by atoms with van der Waals surface area (Å²) in [4.78, 5) is 28.9. The normalized spacial score (nSPS) is 11.8. The van der Waals surface area contributed by atoms with Crippen molar-refractivity contribution in [2.24, 2.45) is 5.92 Å². The number of halogens is 1. The number of amides is 2. The van der Waals surface area contributed by atoms with Gasteiger partial charge in [-0.05, 0) is 41.7 Å². The topological polar surface area (TPSA) is 49.4 Å². The maximum atomic E-state index is 13.7. The maximum Gasteiger partial charge on any atom is 0.243 e. The molecule has 1 atom stereocenters. The number of rotatable bonds is 12. The lowest BCUT2D eigenvalue weighted by molar-refractivity contribution is -0.139. The summed E-state index contributed by atoms with van der Waals surface area (Å²) in [6.07, 6.45) is 0.460. The average molecular weight is 523 g/mol. The Balaban J connectivity index is 1.84. The molecule has 3 aromatic rings. The highest BCUT2D eigenvalue weighted by atomic mass is 35.5. The Morgan fingerprint density at radius 2 is 1.61 bits per heavy atom. The van der Waals surface area contributed by atoms with Crippen LogP contribution in [-0.2, 0) is 28.3 Å². The average Bonchev–Trinajstić information content (AvgIpc) is 2.85. The highest BCUT2D eigenvalue weighted by Gasteiger charge is 2.30.